The smallest absolute Gasteiger partial charge is 0.255 e. The molecule has 0 aliphatic rings. The molecule has 14 heavy (non-hydrogen) atoms. The Labute approximate surface area is 83.8 Å². The maximum Gasteiger partial charge on any atom is 0.255 e. The van der Waals surface area contributed by atoms with Crippen LogP contribution in [0.3, 0.4) is 0 Å². The third kappa shape index (κ3) is 4.87. The van der Waals surface area contributed by atoms with E-state index in [0.717, 1.165) is 0 Å². The molecule has 0 atom stereocenters. The van der Waals surface area contributed by atoms with E-state index in [2.05, 4.69) is 13.2 Å². The second kappa shape index (κ2) is 4.47. The van der Waals surface area contributed by atoms with E-state index in [1.807, 2.05) is 9.44 Å². The van der Waals surface area contributed by atoms with Crippen LogP contribution in [-0.2, 0) is 20.0 Å². The normalized spacial score (nSPS) is 11.8. The lowest BCUT2D eigenvalue weighted by molar-refractivity contribution is 0.585. The van der Waals surface area contributed by atoms with Crippen molar-refractivity contribution < 1.29 is 16.8 Å². The molecule has 0 aromatic rings. The Morgan fingerprint density at radius 2 is 1.79 bits per heavy atom. The summed E-state index contributed by atoms with van der Waals surface area (Å²) in [5.74, 6) is -0.492. The summed E-state index contributed by atoms with van der Waals surface area (Å²) < 4.78 is 47.4. The summed E-state index contributed by atoms with van der Waals surface area (Å²) in [7, 11) is -7.22. The molecule has 0 amide bonds. The standard InChI is InChI=1S/C6H12N2O4S2/c1-4-13(9,10)7-6(3)8-14(11,12)5-2/h4,7-8H,1,3,5H2,2H3. The molecule has 0 aliphatic carbocycles. The van der Waals surface area contributed by atoms with Crippen LogP contribution in [0.1, 0.15) is 6.92 Å². The zero-order valence-electron chi connectivity index (χ0n) is 7.65. The van der Waals surface area contributed by atoms with E-state index in [9.17, 15) is 16.8 Å². The van der Waals surface area contributed by atoms with Crippen LogP contribution >= 0.6 is 0 Å². The van der Waals surface area contributed by atoms with E-state index in [0.29, 0.717) is 5.41 Å². The van der Waals surface area contributed by atoms with Crippen molar-refractivity contribution >= 4 is 20.0 Å². The SMILES string of the molecule is C=CS(=O)(=O)NC(=C)NS(=O)(=O)CC. The van der Waals surface area contributed by atoms with E-state index in [1.165, 1.54) is 6.92 Å². The fraction of sp³-hybridized carbons (Fsp3) is 0.333. The van der Waals surface area contributed by atoms with Gasteiger partial charge >= 0.3 is 0 Å². The summed E-state index contributed by atoms with van der Waals surface area (Å²) >= 11 is 0. The number of sulfonamides is 2. The summed E-state index contributed by atoms with van der Waals surface area (Å²) in [6, 6.07) is 0. The van der Waals surface area contributed by atoms with Gasteiger partial charge < -0.3 is 0 Å². The predicted molar refractivity (Wildman–Crippen MR) is 54.0 cm³/mol. The monoisotopic (exact) mass is 240 g/mol. The van der Waals surface area contributed by atoms with Gasteiger partial charge in [-0.25, -0.2) is 16.8 Å². The summed E-state index contributed by atoms with van der Waals surface area (Å²) in [4.78, 5) is 0. The molecule has 6 nitrogen and oxygen atoms in total. The lowest BCUT2D eigenvalue weighted by Crippen LogP contribution is -2.34. The minimum atomic E-state index is -3.71. The zero-order chi connectivity index (χ0) is 11.4. The van der Waals surface area contributed by atoms with Crippen LogP contribution in [0.15, 0.2) is 24.4 Å². The largest absolute Gasteiger partial charge is 0.269 e. The van der Waals surface area contributed by atoms with Gasteiger partial charge in [-0.15, -0.1) is 0 Å². The highest BCUT2D eigenvalue weighted by Crippen LogP contribution is 1.92. The lowest BCUT2D eigenvalue weighted by atomic mass is 10.9. The second-order valence-corrected chi connectivity index (χ2v) is 5.94. The highest BCUT2D eigenvalue weighted by atomic mass is 32.2. The summed E-state index contributed by atoms with van der Waals surface area (Å²) in [5, 5.41) is 0.651. The Kier molecular flexibility index (Phi) is 4.14. The van der Waals surface area contributed by atoms with Crippen LogP contribution in [0.4, 0.5) is 0 Å². The third-order valence-electron chi connectivity index (χ3n) is 1.14. The maximum atomic E-state index is 11.0. The molecular formula is C6H12N2O4S2. The molecule has 0 bridgehead atoms. The van der Waals surface area contributed by atoms with Crippen molar-refractivity contribution in [2.75, 3.05) is 5.75 Å². The molecule has 0 aliphatic heterocycles. The topological polar surface area (TPSA) is 92.3 Å². The summed E-state index contributed by atoms with van der Waals surface area (Å²) in [5.41, 5.74) is 0. The molecule has 8 heteroatoms. The van der Waals surface area contributed by atoms with Crippen molar-refractivity contribution in [2.24, 2.45) is 0 Å². The molecule has 0 heterocycles. The molecule has 0 saturated carbocycles. The van der Waals surface area contributed by atoms with Crippen LogP contribution < -0.4 is 9.44 Å². The van der Waals surface area contributed by atoms with Gasteiger partial charge in [0.2, 0.25) is 10.0 Å². The number of hydrogen-bond donors (Lipinski definition) is 2. The summed E-state index contributed by atoms with van der Waals surface area (Å²) in [6.45, 7) is 7.64. The van der Waals surface area contributed by atoms with Crippen molar-refractivity contribution in [3.63, 3.8) is 0 Å². The van der Waals surface area contributed by atoms with Gasteiger partial charge in [-0.1, -0.05) is 13.2 Å². The van der Waals surface area contributed by atoms with Gasteiger partial charge in [0.1, 0.15) is 5.82 Å². The van der Waals surface area contributed by atoms with E-state index in [-0.39, 0.29) is 11.6 Å². The van der Waals surface area contributed by atoms with Crippen LogP contribution in [0.25, 0.3) is 0 Å². The number of hydrogen-bond acceptors (Lipinski definition) is 4. The molecule has 0 saturated heterocycles. The predicted octanol–water partition coefficient (Wildman–Crippen LogP) is -0.540. The summed E-state index contributed by atoms with van der Waals surface area (Å²) in [6.07, 6.45) is 0. The molecule has 0 radical (unpaired) electrons. The van der Waals surface area contributed by atoms with Crippen molar-refractivity contribution in [2.45, 2.75) is 6.92 Å². The van der Waals surface area contributed by atoms with E-state index in [4.69, 9.17) is 0 Å². The van der Waals surface area contributed by atoms with Crippen molar-refractivity contribution in [3.8, 4) is 0 Å². The Balaban J connectivity index is 4.49. The van der Waals surface area contributed by atoms with E-state index in [1.54, 1.807) is 0 Å². The van der Waals surface area contributed by atoms with Gasteiger partial charge in [-0.3, -0.25) is 9.44 Å². The fourth-order valence-electron chi connectivity index (χ4n) is 0.494. The molecule has 0 aromatic carbocycles. The van der Waals surface area contributed by atoms with Gasteiger partial charge in [-0.05, 0) is 6.92 Å². The van der Waals surface area contributed by atoms with Crippen LogP contribution in [0, 0.1) is 0 Å². The van der Waals surface area contributed by atoms with Gasteiger partial charge in [0, 0.05) is 5.41 Å². The third-order valence-corrected chi connectivity index (χ3v) is 3.43. The van der Waals surface area contributed by atoms with Crippen LogP contribution in [0.5, 0.6) is 0 Å². The quantitative estimate of drug-likeness (QED) is 0.652. The van der Waals surface area contributed by atoms with Crippen LogP contribution in [-0.4, -0.2) is 22.6 Å². The molecule has 0 unspecified atom stereocenters. The fourth-order valence-corrected chi connectivity index (χ4v) is 1.61. The molecular weight excluding hydrogens is 228 g/mol. The Hall–Kier alpha value is -1.02. The first kappa shape index (κ1) is 13.0. The molecule has 0 rings (SSSR count). The Morgan fingerprint density at radius 3 is 2.14 bits per heavy atom. The molecule has 0 fully saturated rings. The van der Waals surface area contributed by atoms with Gasteiger partial charge in [0.25, 0.3) is 10.0 Å². The first-order valence-electron chi connectivity index (χ1n) is 3.57. The maximum absolute atomic E-state index is 11.0. The zero-order valence-corrected chi connectivity index (χ0v) is 9.28. The highest BCUT2D eigenvalue weighted by molar-refractivity contribution is 7.92. The molecule has 82 valence electrons. The minimum Gasteiger partial charge on any atom is -0.269 e. The van der Waals surface area contributed by atoms with Gasteiger partial charge in [-0.2, -0.15) is 0 Å². The van der Waals surface area contributed by atoms with Crippen molar-refractivity contribution in [1.29, 1.82) is 0 Å². The first-order chi connectivity index (χ1) is 6.22. The Bertz CT molecular complexity index is 421. The average molecular weight is 240 g/mol. The van der Waals surface area contributed by atoms with E-state index < -0.39 is 20.0 Å². The van der Waals surface area contributed by atoms with Gasteiger partial charge in [0.05, 0.1) is 5.75 Å². The van der Waals surface area contributed by atoms with Gasteiger partial charge in [0.15, 0.2) is 0 Å². The Morgan fingerprint density at radius 1 is 1.29 bits per heavy atom. The minimum absolute atomic E-state index is 0.165. The second-order valence-electron chi connectivity index (χ2n) is 2.30. The number of rotatable bonds is 6. The van der Waals surface area contributed by atoms with Crippen molar-refractivity contribution in [1.82, 2.24) is 9.44 Å². The highest BCUT2D eigenvalue weighted by Gasteiger charge is 2.10. The average Bonchev–Trinajstić information content (AvgIpc) is 2.02. The first-order valence-corrected chi connectivity index (χ1v) is 6.77. The number of nitrogens with one attached hydrogen (secondary N) is 2. The molecule has 0 spiro atoms. The van der Waals surface area contributed by atoms with Crippen LogP contribution in [0.2, 0.25) is 0 Å². The lowest BCUT2D eigenvalue weighted by Gasteiger charge is -2.09. The molecule has 2 N–H and O–H groups in total. The van der Waals surface area contributed by atoms with Crippen molar-refractivity contribution in [3.05, 3.63) is 24.4 Å². The molecule has 0 aromatic heterocycles. The van der Waals surface area contributed by atoms with E-state index >= 15 is 0 Å².